The number of nitrogens with zero attached hydrogens (tertiary/aromatic N) is 4. The Hall–Kier alpha value is -3.65. The number of rotatable bonds is 5. The minimum atomic E-state index is -5.19. The maximum absolute atomic E-state index is 13.6. The molecule has 10 nitrogen and oxygen atoms in total. The first-order valence-corrected chi connectivity index (χ1v) is 16.1. The summed E-state index contributed by atoms with van der Waals surface area (Å²) in [4.78, 5) is 59.3. The van der Waals surface area contributed by atoms with Crippen molar-refractivity contribution in [3.05, 3.63) is 51.2 Å². The Morgan fingerprint density at radius 3 is 2.53 bits per heavy atom. The fraction of sp³-hybridized carbons (Fsp3) is 0.548. The van der Waals surface area contributed by atoms with Crippen molar-refractivity contribution in [3.8, 4) is 0 Å². The topological polar surface area (TPSA) is 102 Å². The SMILES string of the molecule is Cc1cc(C(=O)N2CCCCc3sccc32)ccc1CNC(=O)N1CCC[C@@H]1C(=O)N1CCCN(C)CC1OC(=O)C(F)(F)F. The summed E-state index contributed by atoms with van der Waals surface area (Å²) in [6.45, 7) is 3.53. The summed E-state index contributed by atoms with van der Waals surface area (Å²) in [5, 5.41) is 4.88. The number of benzene rings is 1. The van der Waals surface area contributed by atoms with E-state index in [9.17, 15) is 32.3 Å². The molecule has 4 heterocycles. The lowest BCUT2D eigenvalue weighted by Crippen LogP contribution is -2.55. The minimum absolute atomic E-state index is 0.0624. The van der Waals surface area contributed by atoms with Gasteiger partial charge in [0.2, 0.25) is 5.91 Å². The van der Waals surface area contributed by atoms with Gasteiger partial charge < -0.3 is 29.7 Å². The van der Waals surface area contributed by atoms with Gasteiger partial charge >= 0.3 is 18.2 Å². The predicted octanol–water partition coefficient (Wildman–Crippen LogP) is 4.31. The number of thiophene rings is 1. The molecule has 0 spiro atoms. The molecule has 3 aliphatic heterocycles. The van der Waals surface area contributed by atoms with Crippen molar-refractivity contribution in [2.75, 3.05) is 44.7 Å². The summed E-state index contributed by atoms with van der Waals surface area (Å²) in [7, 11) is 1.68. The third-order valence-corrected chi connectivity index (χ3v) is 9.59. The lowest BCUT2D eigenvalue weighted by Gasteiger charge is -2.34. The fourth-order valence-electron chi connectivity index (χ4n) is 6.22. The molecule has 0 aliphatic carbocycles. The van der Waals surface area contributed by atoms with Crippen molar-refractivity contribution in [2.24, 2.45) is 0 Å². The van der Waals surface area contributed by atoms with Gasteiger partial charge in [-0.3, -0.25) is 9.59 Å². The number of urea groups is 1. The van der Waals surface area contributed by atoms with Crippen LogP contribution in [-0.2, 0) is 27.3 Å². The molecule has 2 atom stereocenters. The number of carbonyl (C=O) groups is 4. The molecule has 0 saturated carbocycles. The summed E-state index contributed by atoms with van der Waals surface area (Å²) in [5.74, 6) is -2.96. The Kier molecular flexibility index (Phi) is 10.0. The molecule has 1 aromatic heterocycles. The maximum atomic E-state index is 13.6. The van der Waals surface area contributed by atoms with Gasteiger partial charge in [-0.1, -0.05) is 6.07 Å². The van der Waals surface area contributed by atoms with Gasteiger partial charge in [-0.25, -0.2) is 9.59 Å². The average Bonchev–Trinajstić information content (AvgIpc) is 3.58. The average molecular weight is 650 g/mol. The molecule has 2 saturated heterocycles. The van der Waals surface area contributed by atoms with E-state index >= 15 is 0 Å². The number of amides is 4. The molecule has 5 rings (SSSR count). The monoisotopic (exact) mass is 649 g/mol. The van der Waals surface area contributed by atoms with Crippen LogP contribution < -0.4 is 10.2 Å². The van der Waals surface area contributed by atoms with Crippen molar-refractivity contribution < 1.29 is 37.1 Å². The van der Waals surface area contributed by atoms with Crippen molar-refractivity contribution in [2.45, 2.75) is 70.4 Å². The van der Waals surface area contributed by atoms with E-state index in [0.717, 1.165) is 41.0 Å². The van der Waals surface area contributed by atoms with E-state index in [1.807, 2.05) is 35.4 Å². The van der Waals surface area contributed by atoms with E-state index in [1.165, 1.54) is 9.78 Å². The number of hydrogen-bond donors (Lipinski definition) is 1. The first-order chi connectivity index (χ1) is 21.4. The number of fused-ring (bicyclic) bond motifs is 1. The molecule has 0 bridgehead atoms. The van der Waals surface area contributed by atoms with Crippen LogP contribution >= 0.6 is 11.3 Å². The summed E-state index contributed by atoms with van der Waals surface area (Å²) < 4.78 is 43.7. The van der Waals surface area contributed by atoms with Crippen molar-refractivity contribution >= 4 is 40.8 Å². The van der Waals surface area contributed by atoms with E-state index in [4.69, 9.17) is 4.74 Å². The van der Waals surface area contributed by atoms with Gasteiger partial charge in [0.15, 0.2) is 6.23 Å². The van der Waals surface area contributed by atoms with E-state index in [2.05, 4.69) is 5.32 Å². The number of aryl methyl sites for hydroxylation is 2. The van der Waals surface area contributed by atoms with E-state index in [-0.39, 0.29) is 25.5 Å². The zero-order valence-corrected chi connectivity index (χ0v) is 26.2. The van der Waals surface area contributed by atoms with Crippen LogP contribution in [0.2, 0.25) is 0 Å². The third-order valence-electron chi connectivity index (χ3n) is 8.62. The molecule has 0 radical (unpaired) electrons. The molecule has 1 unspecified atom stereocenters. The molecular formula is C31H38F3N5O5S. The number of likely N-dealkylation sites (tertiary alicyclic amines) is 1. The summed E-state index contributed by atoms with van der Waals surface area (Å²) in [5.41, 5.74) is 3.18. The zero-order chi connectivity index (χ0) is 32.3. The van der Waals surface area contributed by atoms with Gasteiger partial charge in [-0.15, -0.1) is 11.3 Å². The highest BCUT2D eigenvalue weighted by Gasteiger charge is 2.46. The number of hydrogen-bond acceptors (Lipinski definition) is 7. The molecule has 14 heteroatoms. The summed E-state index contributed by atoms with van der Waals surface area (Å²) >= 11 is 1.67. The third kappa shape index (κ3) is 7.43. The van der Waals surface area contributed by atoms with E-state index in [0.29, 0.717) is 44.5 Å². The van der Waals surface area contributed by atoms with Crippen molar-refractivity contribution in [1.29, 1.82) is 0 Å². The lowest BCUT2D eigenvalue weighted by molar-refractivity contribution is -0.213. The largest absolute Gasteiger partial charge is 0.491 e. The number of anilines is 1. The van der Waals surface area contributed by atoms with Crippen LogP contribution in [0.15, 0.2) is 29.6 Å². The van der Waals surface area contributed by atoms with Gasteiger partial charge in [-0.05, 0) is 93.7 Å². The fourth-order valence-corrected chi connectivity index (χ4v) is 7.14. The number of likely N-dealkylation sites (N-methyl/N-ethyl adjacent to an activating group) is 1. The number of nitrogens with one attached hydrogen (secondary N) is 1. The number of alkyl halides is 3. The van der Waals surface area contributed by atoms with Crippen molar-refractivity contribution in [1.82, 2.24) is 20.0 Å². The molecule has 2 fully saturated rings. The Labute approximate surface area is 264 Å². The van der Waals surface area contributed by atoms with Gasteiger partial charge in [0, 0.05) is 36.6 Å². The number of ether oxygens (including phenoxy) is 1. The van der Waals surface area contributed by atoms with Crippen LogP contribution in [0, 0.1) is 6.92 Å². The molecule has 4 amide bonds. The smallest absolute Gasteiger partial charge is 0.433 e. The van der Waals surface area contributed by atoms with E-state index < -0.39 is 36.4 Å². The molecule has 244 valence electrons. The van der Waals surface area contributed by atoms with Crippen LogP contribution in [0.25, 0.3) is 0 Å². The van der Waals surface area contributed by atoms with Gasteiger partial charge in [0.25, 0.3) is 5.91 Å². The lowest BCUT2D eigenvalue weighted by atomic mass is 10.0. The zero-order valence-electron chi connectivity index (χ0n) is 25.4. The number of halogens is 3. The normalized spacial score (nSPS) is 21.1. The second-order valence-corrected chi connectivity index (χ2v) is 12.8. The van der Waals surface area contributed by atoms with Gasteiger partial charge in [0.1, 0.15) is 6.04 Å². The highest BCUT2D eigenvalue weighted by molar-refractivity contribution is 7.10. The number of esters is 1. The Bertz CT molecular complexity index is 1430. The molecule has 1 N–H and O–H groups in total. The second kappa shape index (κ2) is 13.8. The van der Waals surface area contributed by atoms with Crippen LogP contribution in [0.5, 0.6) is 0 Å². The Morgan fingerprint density at radius 2 is 1.78 bits per heavy atom. The first kappa shape index (κ1) is 32.7. The standard InChI is InChI=1S/C31H38F3N5O5S/c1-20-17-21(27(40)37-13-4-3-8-25-23(37)11-16-45-25)9-10-22(20)18-35-30(43)38-14-5-7-24(38)28(41)39-15-6-12-36(2)19-26(39)44-29(42)31(32,33)34/h9-11,16-17,24,26H,3-8,12-15,18-19H2,1-2H3,(H,35,43)/t24-,26?/m1/s1. The highest BCUT2D eigenvalue weighted by Crippen LogP contribution is 2.32. The molecule has 45 heavy (non-hydrogen) atoms. The molecule has 3 aliphatic rings. The first-order valence-electron chi connectivity index (χ1n) is 15.2. The second-order valence-electron chi connectivity index (χ2n) is 11.8. The minimum Gasteiger partial charge on any atom is -0.433 e. The highest BCUT2D eigenvalue weighted by atomic mass is 32.1. The van der Waals surface area contributed by atoms with E-state index in [1.54, 1.807) is 29.4 Å². The quantitative estimate of drug-likeness (QED) is 0.485. The molecule has 1 aromatic carbocycles. The predicted molar refractivity (Wildman–Crippen MR) is 162 cm³/mol. The summed E-state index contributed by atoms with van der Waals surface area (Å²) in [6.07, 6.45) is -2.30. The molecule has 2 aromatic rings. The van der Waals surface area contributed by atoms with Gasteiger partial charge in [-0.2, -0.15) is 13.2 Å². The summed E-state index contributed by atoms with van der Waals surface area (Å²) in [6, 6.07) is 6.02. The van der Waals surface area contributed by atoms with Crippen LogP contribution in [-0.4, -0.2) is 96.7 Å². The van der Waals surface area contributed by atoms with Crippen molar-refractivity contribution in [3.63, 3.8) is 0 Å². The molecular weight excluding hydrogens is 611 g/mol. The van der Waals surface area contributed by atoms with Crippen LogP contribution in [0.4, 0.5) is 23.7 Å². The number of carbonyl (C=O) groups excluding carboxylic acids is 4. The van der Waals surface area contributed by atoms with Gasteiger partial charge in [0.05, 0.1) is 12.2 Å². The Morgan fingerprint density at radius 1 is 1.00 bits per heavy atom. The Balaban J connectivity index is 1.23. The van der Waals surface area contributed by atoms with Crippen LogP contribution in [0.1, 0.15) is 58.5 Å². The van der Waals surface area contributed by atoms with Crippen LogP contribution in [0.3, 0.4) is 0 Å². The maximum Gasteiger partial charge on any atom is 0.491 e.